The molecule has 0 bridgehead atoms. The van der Waals surface area contributed by atoms with Crippen LogP contribution in [-0.2, 0) is 10.9 Å². The molecule has 0 saturated carbocycles. The highest BCUT2D eigenvalue weighted by Crippen LogP contribution is 2.33. The number of alkyl halides is 3. The van der Waals surface area contributed by atoms with Crippen molar-refractivity contribution < 1.29 is 22.7 Å². The third kappa shape index (κ3) is 3.99. The zero-order chi connectivity index (χ0) is 21.3. The van der Waals surface area contributed by atoms with Gasteiger partial charge in [-0.2, -0.15) is 18.3 Å². The fraction of sp³-hybridized carbons (Fsp3) is 0.176. The average Bonchev–Trinajstić information content (AvgIpc) is 3.12. The summed E-state index contributed by atoms with van der Waals surface area (Å²) in [5.41, 5.74) is -2.43. The summed E-state index contributed by atoms with van der Waals surface area (Å²) in [6, 6.07) is 3.95. The first-order valence-electron chi connectivity index (χ1n) is 8.01. The van der Waals surface area contributed by atoms with E-state index in [2.05, 4.69) is 14.8 Å². The SMILES string of the molecule is CCOC(=O)c1cnn(-c2ccc(-n3ccc(Cl)c(Cl)c3=O)cn2)c1C(F)(F)F. The number of ether oxygens (including phenoxy) is 1. The van der Waals surface area contributed by atoms with Crippen LogP contribution in [0.5, 0.6) is 0 Å². The summed E-state index contributed by atoms with van der Waals surface area (Å²) in [5.74, 6) is -1.37. The maximum Gasteiger partial charge on any atom is 0.434 e. The van der Waals surface area contributed by atoms with Crippen molar-refractivity contribution in [2.75, 3.05) is 6.61 Å². The first kappa shape index (κ1) is 20.9. The van der Waals surface area contributed by atoms with Gasteiger partial charge in [0.15, 0.2) is 11.5 Å². The smallest absolute Gasteiger partial charge is 0.434 e. The molecule has 0 spiro atoms. The number of rotatable bonds is 4. The Kier molecular flexibility index (Phi) is 5.67. The molecule has 0 atom stereocenters. The Morgan fingerprint density at radius 2 is 1.93 bits per heavy atom. The lowest BCUT2D eigenvalue weighted by Gasteiger charge is -2.12. The van der Waals surface area contributed by atoms with E-state index in [0.29, 0.717) is 4.68 Å². The van der Waals surface area contributed by atoms with Gasteiger partial charge in [-0.1, -0.05) is 23.2 Å². The molecule has 3 rings (SSSR count). The number of pyridine rings is 2. The van der Waals surface area contributed by atoms with Gasteiger partial charge < -0.3 is 4.74 Å². The van der Waals surface area contributed by atoms with Crippen molar-refractivity contribution in [1.29, 1.82) is 0 Å². The second-order valence-electron chi connectivity index (χ2n) is 5.56. The standard InChI is InChI=1S/C17H11Cl2F3N4O3/c1-2-29-16(28)10-8-24-26(14(10)17(20,21)22)12-4-3-9(7-23-12)25-6-5-11(18)13(19)15(25)27/h3-8H,2H2,1H3. The van der Waals surface area contributed by atoms with E-state index in [4.69, 9.17) is 23.2 Å². The molecule has 0 aliphatic rings. The van der Waals surface area contributed by atoms with Gasteiger partial charge in [-0.25, -0.2) is 14.5 Å². The molecule has 0 saturated heterocycles. The van der Waals surface area contributed by atoms with Crippen LogP contribution in [0.4, 0.5) is 13.2 Å². The first-order valence-corrected chi connectivity index (χ1v) is 8.76. The molecule has 0 amide bonds. The summed E-state index contributed by atoms with van der Waals surface area (Å²) < 4.78 is 46.9. The Morgan fingerprint density at radius 3 is 2.52 bits per heavy atom. The number of hydrogen-bond donors (Lipinski definition) is 0. The molecule has 0 unspecified atom stereocenters. The van der Waals surface area contributed by atoms with E-state index in [1.807, 2.05) is 0 Å². The second-order valence-corrected chi connectivity index (χ2v) is 6.35. The van der Waals surface area contributed by atoms with E-state index in [1.54, 1.807) is 0 Å². The van der Waals surface area contributed by atoms with Crippen LogP contribution >= 0.6 is 23.2 Å². The quantitative estimate of drug-likeness (QED) is 0.567. The lowest BCUT2D eigenvalue weighted by atomic mass is 10.2. The highest BCUT2D eigenvalue weighted by Gasteiger charge is 2.41. The number of carbonyl (C=O) groups is 1. The third-order valence-electron chi connectivity index (χ3n) is 3.75. The average molecular weight is 447 g/mol. The fourth-order valence-corrected chi connectivity index (χ4v) is 2.78. The van der Waals surface area contributed by atoms with Crippen molar-refractivity contribution in [3.63, 3.8) is 0 Å². The molecule has 29 heavy (non-hydrogen) atoms. The van der Waals surface area contributed by atoms with Crippen LogP contribution in [0, 0.1) is 0 Å². The highest BCUT2D eigenvalue weighted by molar-refractivity contribution is 6.41. The summed E-state index contributed by atoms with van der Waals surface area (Å²) in [5, 5.41) is 3.49. The molecular weight excluding hydrogens is 436 g/mol. The van der Waals surface area contributed by atoms with Crippen molar-refractivity contribution in [3.8, 4) is 11.5 Å². The Balaban J connectivity index is 2.06. The van der Waals surface area contributed by atoms with Crippen molar-refractivity contribution in [1.82, 2.24) is 19.3 Å². The first-order chi connectivity index (χ1) is 13.6. The number of carbonyl (C=O) groups excluding carboxylic acids is 1. The van der Waals surface area contributed by atoms with Crippen LogP contribution < -0.4 is 5.56 Å². The molecular formula is C17H11Cl2F3N4O3. The van der Waals surface area contributed by atoms with E-state index in [9.17, 15) is 22.8 Å². The van der Waals surface area contributed by atoms with Gasteiger partial charge in [0, 0.05) is 6.20 Å². The zero-order valence-electron chi connectivity index (χ0n) is 14.6. The van der Waals surface area contributed by atoms with Crippen molar-refractivity contribution in [2.45, 2.75) is 13.1 Å². The highest BCUT2D eigenvalue weighted by atomic mass is 35.5. The predicted octanol–water partition coefficient (Wildman–Crippen LogP) is 3.92. The summed E-state index contributed by atoms with van der Waals surface area (Å²) in [4.78, 5) is 27.9. The molecule has 3 aromatic heterocycles. The van der Waals surface area contributed by atoms with Gasteiger partial charge in [-0.15, -0.1) is 0 Å². The lowest BCUT2D eigenvalue weighted by molar-refractivity contribution is -0.143. The lowest BCUT2D eigenvalue weighted by Crippen LogP contribution is -2.20. The van der Waals surface area contributed by atoms with Crippen LogP contribution in [0.15, 0.2) is 41.6 Å². The van der Waals surface area contributed by atoms with Crippen LogP contribution in [0.3, 0.4) is 0 Å². The maximum atomic E-state index is 13.5. The van der Waals surface area contributed by atoms with Crippen molar-refractivity contribution >= 4 is 29.2 Å². The van der Waals surface area contributed by atoms with Gasteiger partial charge in [0.1, 0.15) is 10.6 Å². The van der Waals surface area contributed by atoms with E-state index >= 15 is 0 Å². The van der Waals surface area contributed by atoms with Gasteiger partial charge in [0.2, 0.25) is 0 Å². The minimum atomic E-state index is -4.89. The van der Waals surface area contributed by atoms with E-state index in [0.717, 1.165) is 17.0 Å². The van der Waals surface area contributed by atoms with E-state index in [-0.39, 0.29) is 28.2 Å². The zero-order valence-corrected chi connectivity index (χ0v) is 16.1. The molecule has 7 nitrogen and oxygen atoms in total. The molecule has 3 heterocycles. The van der Waals surface area contributed by atoms with Gasteiger partial charge in [0.25, 0.3) is 5.56 Å². The molecule has 0 fully saturated rings. The number of nitrogens with zero attached hydrogens (tertiary/aromatic N) is 4. The van der Waals surface area contributed by atoms with E-state index in [1.165, 1.54) is 31.3 Å². The molecule has 152 valence electrons. The van der Waals surface area contributed by atoms with Gasteiger partial charge in [0.05, 0.1) is 29.7 Å². The van der Waals surface area contributed by atoms with Crippen molar-refractivity contribution in [3.05, 3.63) is 68.4 Å². The summed E-state index contributed by atoms with van der Waals surface area (Å²) >= 11 is 11.6. The maximum absolute atomic E-state index is 13.5. The second kappa shape index (κ2) is 7.88. The van der Waals surface area contributed by atoms with Crippen LogP contribution in [-0.4, -0.2) is 31.9 Å². The molecule has 0 aliphatic carbocycles. The van der Waals surface area contributed by atoms with E-state index < -0.39 is 29.0 Å². The Hall–Kier alpha value is -2.85. The van der Waals surface area contributed by atoms with Crippen LogP contribution in [0.1, 0.15) is 23.0 Å². The largest absolute Gasteiger partial charge is 0.462 e. The van der Waals surface area contributed by atoms with Gasteiger partial charge >= 0.3 is 12.1 Å². The predicted molar refractivity (Wildman–Crippen MR) is 97.9 cm³/mol. The molecule has 0 radical (unpaired) electrons. The number of hydrogen-bond acceptors (Lipinski definition) is 5. The van der Waals surface area contributed by atoms with Gasteiger partial charge in [-0.3, -0.25) is 9.36 Å². The summed E-state index contributed by atoms with van der Waals surface area (Å²) in [6.45, 7) is 1.38. The third-order valence-corrected chi connectivity index (χ3v) is 4.52. The topological polar surface area (TPSA) is 79.0 Å². The molecule has 0 aromatic carbocycles. The molecule has 3 aromatic rings. The Labute approximate surface area is 171 Å². The summed E-state index contributed by atoms with van der Waals surface area (Å²) in [7, 11) is 0. The minimum Gasteiger partial charge on any atom is -0.462 e. The normalized spacial score (nSPS) is 11.5. The van der Waals surface area contributed by atoms with Gasteiger partial charge in [-0.05, 0) is 25.1 Å². The Morgan fingerprint density at radius 1 is 1.21 bits per heavy atom. The molecule has 0 aliphatic heterocycles. The van der Waals surface area contributed by atoms with Crippen LogP contribution in [0.25, 0.3) is 11.5 Å². The summed E-state index contributed by atoms with van der Waals surface area (Å²) in [6.07, 6.45) is -1.62. The number of esters is 1. The minimum absolute atomic E-state index is 0.0651. The monoisotopic (exact) mass is 446 g/mol. The van der Waals surface area contributed by atoms with Crippen molar-refractivity contribution in [2.24, 2.45) is 0 Å². The number of aromatic nitrogens is 4. The Bertz CT molecular complexity index is 1120. The number of halogens is 5. The fourth-order valence-electron chi connectivity index (χ4n) is 2.49. The molecule has 12 heteroatoms. The molecule has 0 N–H and O–H groups in total. The van der Waals surface area contributed by atoms with Crippen LogP contribution in [0.2, 0.25) is 10.0 Å².